The zero-order chi connectivity index (χ0) is 11.8. The number of nitrogens with zero attached hydrogens (tertiary/aromatic N) is 1. The number of nitrogens with one attached hydrogen (secondary N) is 2. The zero-order valence-electron chi connectivity index (χ0n) is 8.68. The molecule has 7 heteroatoms. The van der Waals surface area contributed by atoms with E-state index >= 15 is 0 Å². The Balaban J connectivity index is 2.11. The van der Waals surface area contributed by atoms with Crippen LogP contribution in [0.4, 0.5) is 13.2 Å². The number of hydrogen-bond donors (Lipinski definition) is 2. The molecule has 0 radical (unpaired) electrons. The van der Waals surface area contributed by atoms with Crippen LogP contribution in [0.15, 0.2) is 0 Å². The number of rotatable bonds is 1. The predicted molar refractivity (Wildman–Crippen MR) is 50.8 cm³/mol. The largest absolute Gasteiger partial charge is 0.405 e. The van der Waals surface area contributed by atoms with E-state index in [0.717, 1.165) is 0 Å². The third-order valence-corrected chi connectivity index (χ3v) is 3.10. The van der Waals surface area contributed by atoms with Gasteiger partial charge in [0.25, 0.3) is 0 Å². The van der Waals surface area contributed by atoms with Crippen LogP contribution in [0.3, 0.4) is 0 Å². The van der Waals surface area contributed by atoms with Gasteiger partial charge in [-0.25, -0.2) is 0 Å². The summed E-state index contributed by atoms with van der Waals surface area (Å²) in [5.74, 6) is -0.326. The first-order valence-corrected chi connectivity index (χ1v) is 5.28. The normalized spacial score (nSPS) is 32.8. The first kappa shape index (κ1) is 11.7. The van der Waals surface area contributed by atoms with Gasteiger partial charge in [0, 0.05) is 19.1 Å². The summed E-state index contributed by atoms with van der Waals surface area (Å²) in [6.07, 6.45) is -3.61. The van der Waals surface area contributed by atoms with Crippen LogP contribution in [0.1, 0.15) is 6.42 Å². The van der Waals surface area contributed by atoms with Gasteiger partial charge >= 0.3 is 6.18 Å². The van der Waals surface area contributed by atoms with E-state index in [1.54, 1.807) is 0 Å². The van der Waals surface area contributed by atoms with Crippen LogP contribution >= 0.6 is 0 Å². The number of amides is 1. The number of carbonyl (C=O) groups excluding carboxylic acids is 1. The fourth-order valence-electron chi connectivity index (χ4n) is 2.27. The second-order valence-corrected chi connectivity index (χ2v) is 4.18. The maximum Gasteiger partial charge on any atom is 0.405 e. The van der Waals surface area contributed by atoms with Crippen molar-refractivity contribution in [3.05, 3.63) is 0 Å². The maximum atomic E-state index is 12.8. The fraction of sp³-hybridized carbons (Fsp3) is 0.889. The molecule has 0 aromatic carbocycles. The number of piperazine rings is 1. The molecule has 4 nitrogen and oxygen atoms in total. The van der Waals surface area contributed by atoms with Crippen molar-refractivity contribution in [3.63, 3.8) is 0 Å². The van der Waals surface area contributed by atoms with E-state index in [1.165, 1.54) is 4.90 Å². The van der Waals surface area contributed by atoms with Crippen LogP contribution in [0, 0.1) is 0 Å². The molecule has 2 rings (SSSR count). The number of halogens is 3. The highest BCUT2D eigenvalue weighted by Crippen LogP contribution is 2.28. The van der Waals surface area contributed by atoms with E-state index in [2.05, 4.69) is 10.6 Å². The van der Waals surface area contributed by atoms with Crippen molar-refractivity contribution < 1.29 is 18.0 Å². The number of hydrogen-bond acceptors (Lipinski definition) is 3. The molecule has 2 saturated heterocycles. The Morgan fingerprint density at radius 1 is 1.31 bits per heavy atom. The van der Waals surface area contributed by atoms with Crippen LogP contribution in [-0.2, 0) is 4.79 Å². The Morgan fingerprint density at radius 2 is 2.06 bits per heavy atom. The zero-order valence-corrected chi connectivity index (χ0v) is 8.68. The average Bonchev–Trinajstić information content (AvgIpc) is 2.68. The minimum absolute atomic E-state index is 0.156. The van der Waals surface area contributed by atoms with Gasteiger partial charge in [-0.15, -0.1) is 0 Å². The summed E-state index contributed by atoms with van der Waals surface area (Å²) in [5.41, 5.74) is 0. The van der Waals surface area contributed by atoms with Gasteiger partial charge in [0.2, 0.25) is 5.91 Å². The fourth-order valence-corrected chi connectivity index (χ4v) is 2.27. The molecule has 2 aliphatic heterocycles. The molecule has 2 atom stereocenters. The second-order valence-electron chi connectivity index (χ2n) is 4.18. The summed E-state index contributed by atoms with van der Waals surface area (Å²) in [7, 11) is 0. The maximum absolute atomic E-state index is 12.8. The van der Waals surface area contributed by atoms with Gasteiger partial charge < -0.3 is 10.6 Å². The van der Waals surface area contributed by atoms with Crippen LogP contribution in [0.25, 0.3) is 0 Å². The third-order valence-electron chi connectivity index (χ3n) is 3.10. The molecule has 0 aliphatic carbocycles. The molecule has 0 aromatic heterocycles. The molecule has 92 valence electrons. The lowest BCUT2D eigenvalue weighted by molar-refractivity contribution is -0.193. The molecule has 0 aromatic rings. The van der Waals surface area contributed by atoms with Gasteiger partial charge in [-0.1, -0.05) is 0 Å². The average molecular weight is 237 g/mol. The molecule has 2 aliphatic rings. The van der Waals surface area contributed by atoms with E-state index in [-0.39, 0.29) is 25.0 Å². The Morgan fingerprint density at radius 3 is 2.62 bits per heavy atom. The van der Waals surface area contributed by atoms with Crippen LogP contribution in [0.2, 0.25) is 0 Å². The summed E-state index contributed by atoms with van der Waals surface area (Å²) in [4.78, 5) is 12.4. The van der Waals surface area contributed by atoms with Crippen molar-refractivity contribution >= 4 is 5.91 Å². The van der Waals surface area contributed by atoms with E-state index in [1.807, 2.05) is 0 Å². The van der Waals surface area contributed by atoms with Gasteiger partial charge in [0.15, 0.2) is 0 Å². The molecule has 16 heavy (non-hydrogen) atoms. The van der Waals surface area contributed by atoms with E-state index < -0.39 is 12.2 Å². The van der Waals surface area contributed by atoms with Crippen molar-refractivity contribution in [2.45, 2.75) is 24.7 Å². The Labute approximate surface area is 91.2 Å². The Kier molecular flexibility index (Phi) is 3.07. The van der Waals surface area contributed by atoms with Crippen molar-refractivity contribution in [3.8, 4) is 0 Å². The quantitative estimate of drug-likeness (QED) is 0.659. The van der Waals surface area contributed by atoms with Gasteiger partial charge in [0.05, 0.1) is 6.54 Å². The lowest BCUT2D eigenvalue weighted by Crippen LogP contribution is -2.63. The highest BCUT2D eigenvalue weighted by Gasteiger charge is 2.48. The summed E-state index contributed by atoms with van der Waals surface area (Å²) >= 11 is 0. The van der Waals surface area contributed by atoms with Crippen molar-refractivity contribution in [2.24, 2.45) is 0 Å². The van der Waals surface area contributed by atoms with Gasteiger partial charge in [-0.3, -0.25) is 9.69 Å². The lowest BCUT2D eigenvalue weighted by Gasteiger charge is -2.39. The molecule has 2 N–H and O–H groups in total. The lowest BCUT2D eigenvalue weighted by atomic mass is 10.1. The standard InChI is InChI=1S/C9H14F3N3O/c10-9(11,12)7-4-14-8(16)5-15(7)6-1-2-13-3-6/h6-7,13H,1-5H2,(H,14,16). The first-order valence-electron chi connectivity index (χ1n) is 5.28. The highest BCUT2D eigenvalue weighted by atomic mass is 19.4. The highest BCUT2D eigenvalue weighted by molar-refractivity contribution is 5.79. The van der Waals surface area contributed by atoms with Crippen LogP contribution in [0.5, 0.6) is 0 Å². The molecule has 2 heterocycles. The summed E-state index contributed by atoms with van der Waals surface area (Å²) < 4.78 is 38.3. The molecular weight excluding hydrogens is 223 g/mol. The molecule has 2 unspecified atom stereocenters. The molecule has 0 bridgehead atoms. The van der Waals surface area contributed by atoms with Crippen molar-refractivity contribution in [1.29, 1.82) is 0 Å². The Bertz CT molecular complexity index is 276. The molecule has 2 fully saturated rings. The van der Waals surface area contributed by atoms with Crippen molar-refractivity contribution in [1.82, 2.24) is 15.5 Å². The number of carbonyl (C=O) groups is 1. The summed E-state index contributed by atoms with van der Waals surface area (Å²) in [6.45, 7) is 0.753. The van der Waals surface area contributed by atoms with Crippen LogP contribution < -0.4 is 10.6 Å². The van der Waals surface area contributed by atoms with E-state index in [9.17, 15) is 18.0 Å². The minimum Gasteiger partial charge on any atom is -0.353 e. The minimum atomic E-state index is -4.28. The first-order chi connectivity index (χ1) is 7.48. The Hall–Kier alpha value is -0.820. The molecule has 1 amide bonds. The second kappa shape index (κ2) is 4.21. The third kappa shape index (κ3) is 2.30. The summed E-state index contributed by atoms with van der Waals surface area (Å²) in [5, 5.41) is 5.29. The molecular formula is C9H14F3N3O. The molecule has 0 spiro atoms. The monoisotopic (exact) mass is 237 g/mol. The van der Waals surface area contributed by atoms with Gasteiger partial charge in [-0.2, -0.15) is 13.2 Å². The SMILES string of the molecule is O=C1CN(C2CCNC2)C(C(F)(F)F)CN1. The molecule has 0 saturated carbocycles. The van der Waals surface area contributed by atoms with Crippen molar-refractivity contribution in [2.75, 3.05) is 26.2 Å². The topological polar surface area (TPSA) is 44.4 Å². The smallest absolute Gasteiger partial charge is 0.353 e. The van der Waals surface area contributed by atoms with Gasteiger partial charge in [-0.05, 0) is 13.0 Å². The van der Waals surface area contributed by atoms with E-state index in [4.69, 9.17) is 0 Å². The van der Waals surface area contributed by atoms with E-state index in [0.29, 0.717) is 19.5 Å². The van der Waals surface area contributed by atoms with Gasteiger partial charge in [0.1, 0.15) is 6.04 Å². The van der Waals surface area contributed by atoms with Crippen LogP contribution in [-0.4, -0.2) is 55.2 Å². The summed E-state index contributed by atoms with van der Waals surface area (Å²) in [6, 6.07) is -1.73. The predicted octanol–water partition coefficient (Wildman–Crippen LogP) is -0.289. The number of alkyl halides is 3.